The highest BCUT2D eigenvalue weighted by Gasteiger charge is 1.93. The van der Waals surface area contributed by atoms with Crippen molar-refractivity contribution in [3.05, 3.63) is 72.7 Å². The van der Waals surface area contributed by atoms with Gasteiger partial charge in [0.05, 0.1) is 0 Å². The normalized spacial score (nSPS) is 9.59. The van der Waals surface area contributed by atoms with Crippen LogP contribution in [0.15, 0.2) is 67.2 Å². The van der Waals surface area contributed by atoms with Gasteiger partial charge in [0, 0.05) is 0 Å². The van der Waals surface area contributed by atoms with Crippen molar-refractivity contribution in [1.29, 1.82) is 5.26 Å². The molecule has 0 N–H and O–H groups in total. The van der Waals surface area contributed by atoms with Gasteiger partial charge >= 0.3 is 0 Å². The Morgan fingerprint density at radius 1 is 1.18 bits per heavy atom. The molecule has 0 fully saturated rings. The minimum absolute atomic E-state index is 0.247. The van der Waals surface area contributed by atoms with Gasteiger partial charge in [-0.1, -0.05) is 43.5 Å². The standard InChI is InChI=1S/C14H13NO2/c1-12(8-9-13(2)17-11-15)16-10-14-6-4-3-5-7-14/h3-9H,1-2,10H2/b9-8-. The number of nitriles is 1. The van der Waals surface area contributed by atoms with Crippen molar-refractivity contribution in [3.63, 3.8) is 0 Å². The molecule has 3 heteroatoms. The SMILES string of the molecule is C=C(/C=C\C(=C)OCc1ccccc1)OC#N. The van der Waals surface area contributed by atoms with Crippen LogP contribution in [0.2, 0.25) is 0 Å². The minimum atomic E-state index is 0.247. The summed E-state index contributed by atoms with van der Waals surface area (Å²) in [7, 11) is 0. The molecule has 1 aromatic rings. The molecule has 0 aliphatic heterocycles. The highest BCUT2D eigenvalue weighted by atomic mass is 16.5. The molecule has 1 aromatic carbocycles. The molecule has 1 rings (SSSR count). The van der Waals surface area contributed by atoms with E-state index in [2.05, 4.69) is 17.9 Å². The average Bonchev–Trinajstić information content (AvgIpc) is 2.35. The zero-order valence-corrected chi connectivity index (χ0v) is 9.43. The summed E-state index contributed by atoms with van der Waals surface area (Å²) in [4.78, 5) is 0. The van der Waals surface area contributed by atoms with Gasteiger partial charge in [-0.25, -0.2) is 0 Å². The average molecular weight is 227 g/mol. The van der Waals surface area contributed by atoms with Crippen LogP contribution in [0, 0.1) is 11.5 Å². The Bertz CT molecular complexity index is 455. The van der Waals surface area contributed by atoms with E-state index in [0.29, 0.717) is 12.4 Å². The van der Waals surface area contributed by atoms with Gasteiger partial charge in [-0.3, -0.25) is 0 Å². The molecule has 0 bridgehead atoms. The lowest BCUT2D eigenvalue weighted by Gasteiger charge is -2.05. The zero-order chi connectivity index (χ0) is 12.5. The van der Waals surface area contributed by atoms with Crippen molar-refractivity contribution in [3.8, 4) is 6.26 Å². The third kappa shape index (κ3) is 5.24. The molecular formula is C14H13NO2. The van der Waals surface area contributed by atoms with E-state index in [1.165, 1.54) is 12.3 Å². The zero-order valence-electron chi connectivity index (χ0n) is 9.43. The van der Waals surface area contributed by atoms with Gasteiger partial charge in [0.15, 0.2) is 0 Å². The predicted octanol–water partition coefficient (Wildman–Crippen LogP) is 3.28. The smallest absolute Gasteiger partial charge is 0.292 e. The molecule has 0 radical (unpaired) electrons. The fraction of sp³-hybridized carbons (Fsp3) is 0.0714. The van der Waals surface area contributed by atoms with Crippen molar-refractivity contribution in [2.45, 2.75) is 6.61 Å². The highest BCUT2D eigenvalue weighted by molar-refractivity contribution is 5.19. The largest absolute Gasteiger partial charge is 0.490 e. The van der Waals surface area contributed by atoms with Gasteiger partial charge in [0.1, 0.15) is 18.1 Å². The van der Waals surface area contributed by atoms with Crippen molar-refractivity contribution >= 4 is 0 Å². The van der Waals surface area contributed by atoms with Crippen molar-refractivity contribution in [2.24, 2.45) is 0 Å². The van der Waals surface area contributed by atoms with Crippen molar-refractivity contribution in [1.82, 2.24) is 0 Å². The molecule has 0 amide bonds. The molecule has 0 spiro atoms. The first-order valence-corrected chi connectivity index (χ1v) is 5.01. The molecule has 17 heavy (non-hydrogen) atoms. The molecule has 0 saturated carbocycles. The molecule has 86 valence electrons. The second-order valence-corrected chi connectivity index (χ2v) is 3.23. The third-order valence-electron chi connectivity index (χ3n) is 1.90. The molecular weight excluding hydrogens is 214 g/mol. The second-order valence-electron chi connectivity index (χ2n) is 3.23. The first-order valence-electron chi connectivity index (χ1n) is 5.01. The summed E-state index contributed by atoms with van der Waals surface area (Å²) in [5.41, 5.74) is 1.06. The quantitative estimate of drug-likeness (QED) is 0.425. The summed E-state index contributed by atoms with van der Waals surface area (Å²) in [6, 6.07) is 9.77. The summed E-state index contributed by atoms with van der Waals surface area (Å²) < 4.78 is 9.88. The lowest BCUT2D eigenvalue weighted by molar-refractivity contribution is 0.212. The van der Waals surface area contributed by atoms with E-state index >= 15 is 0 Å². The Kier molecular flexibility index (Phi) is 5.12. The topological polar surface area (TPSA) is 42.2 Å². The second kappa shape index (κ2) is 6.91. The van der Waals surface area contributed by atoms with Crippen LogP contribution < -0.4 is 0 Å². The molecule has 0 heterocycles. The number of hydrogen-bond donors (Lipinski definition) is 0. The number of benzene rings is 1. The Morgan fingerprint density at radius 2 is 1.82 bits per heavy atom. The Hall–Kier alpha value is -2.47. The first-order chi connectivity index (χ1) is 8.22. The molecule has 0 aliphatic rings. The van der Waals surface area contributed by atoms with Gasteiger partial charge in [0.25, 0.3) is 6.26 Å². The van der Waals surface area contributed by atoms with Crippen molar-refractivity contribution in [2.75, 3.05) is 0 Å². The van der Waals surface area contributed by atoms with E-state index in [4.69, 9.17) is 10.00 Å². The molecule has 0 atom stereocenters. The van der Waals surface area contributed by atoms with Crippen LogP contribution in [0.4, 0.5) is 0 Å². The van der Waals surface area contributed by atoms with E-state index < -0.39 is 0 Å². The lowest BCUT2D eigenvalue weighted by atomic mass is 10.2. The van der Waals surface area contributed by atoms with Crippen LogP contribution in [-0.2, 0) is 16.1 Å². The fourth-order valence-corrected chi connectivity index (χ4v) is 1.08. The van der Waals surface area contributed by atoms with Crippen LogP contribution in [0.5, 0.6) is 0 Å². The fourth-order valence-electron chi connectivity index (χ4n) is 1.08. The molecule has 0 aromatic heterocycles. The van der Waals surface area contributed by atoms with E-state index in [0.717, 1.165) is 5.56 Å². The highest BCUT2D eigenvalue weighted by Crippen LogP contribution is 2.06. The van der Waals surface area contributed by atoms with Gasteiger partial charge in [0.2, 0.25) is 0 Å². The van der Waals surface area contributed by atoms with Gasteiger partial charge in [-0.15, -0.1) is 5.26 Å². The van der Waals surface area contributed by atoms with E-state index in [-0.39, 0.29) is 5.76 Å². The number of allylic oxidation sites excluding steroid dienone is 2. The van der Waals surface area contributed by atoms with Crippen LogP contribution in [0.3, 0.4) is 0 Å². The Balaban J connectivity index is 2.36. The number of nitrogens with zero attached hydrogens (tertiary/aromatic N) is 1. The monoisotopic (exact) mass is 227 g/mol. The van der Waals surface area contributed by atoms with E-state index in [1.54, 1.807) is 6.08 Å². The summed E-state index contributed by atoms with van der Waals surface area (Å²) in [6.07, 6.45) is 4.65. The Labute approximate surface area is 101 Å². The summed E-state index contributed by atoms with van der Waals surface area (Å²) in [6.45, 7) is 7.67. The van der Waals surface area contributed by atoms with Crippen LogP contribution in [0.25, 0.3) is 0 Å². The minimum Gasteiger partial charge on any atom is -0.490 e. The van der Waals surface area contributed by atoms with Gasteiger partial charge < -0.3 is 9.47 Å². The summed E-state index contributed by atoms with van der Waals surface area (Å²) in [5, 5.41) is 8.23. The molecule has 0 aliphatic carbocycles. The number of hydrogen-bond acceptors (Lipinski definition) is 3. The number of rotatable bonds is 6. The third-order valence-corrected chi connectivity index (χ3v) is 1.90. The predicted molar refractivity (Wildman–Crippen MR) is 65.3 cm³/mol. The van der Waals surface area contributed by atoms with E-state index in [9.17, 15) is 0 Å². The van der Waals surface area contributed by atoms with Gasteiger partial charge in [-0.2, -0.15) is 0 Å². The molecule has 0 unspecified atom stereocenters. The lowest BCUT2D eigenvalue weighted by Crippen LogP contribution is -1.90. The maximum atomic E-state index is 8.23. The van der Waals surface area contributed by atoms with Crippen molar-refractivity contribution < 1.29 is 9.47 Å². The number of ether oxygens (including phenoxy) is 2. The van der Waals surface area contributed by atoms with Gasteiger partial charge in [-0.05, 0) is 17.7 Å². The molecule has 3 nitrogen and oxygen atoms in total. The first kappa shape index (κ1) is 12.6. The summed E-state index contributed by atoms with van der Waals surface area (Å²) >= 11 is 0. The van der Waals surface area contributed by atoms with Crippen LogP contribution in [-0.4, -0.2) is 0 Å². The Morgan fingerprint density at radius 3 is 2.47 bits per heavy atom. The van der Waals surface area contributed by atoms with Crippen LogP contribution in [0.1, 0.15) is 5.56 Å². The maximum Gasteiger partial charge on any atom is 0.292 e. The van der Waals surface area contributed by atoms with E-state index in [1.807, 2.05) is 30.3 Å². The van der Waals surface area contributed by atoms with Crippen LogP contribution >= 0.6 is 0 Å². The molecule has 0 saturated heterocycles. The maximum absolute atomic E-state index is 8.23. The summed E-state index contributed by atoms with van der Waals surface area (Å²) in [5.74, 6) is 0.730.